The van der Waals surface area contributed by atoms with Crippen LogP contribution in [-0.4, -0.2) is 15.1 Å². The van der Waals surface area contributed by atoms with E-state index in [1.54, 1.807) is 18.6 Å². The van der Waals surface area contributed by atoms with Crippen LogP contribution in [0.3, 0.4) is 0 Å². The third-order valence-electron chi connectivity index (χ3n) is 2.12. The molecule has 16 heavy (non-hydrogen) atoms. The number of hydrogen-bond donors (Lipinski definition) is 1. The van der Waals surface area contributed by atoms with E-state index in [0.29, 0.717) is 5.69 Å². The van der Waals surface area contributed by atoms with Crippen molar-refractivity contribution < 1.29 is 5.11 Å². The second-order valence-corrected chi connectivity index (χ2v) is 4.97. The summed E-state index contributed by atoms with van der Waals surface area (Å²) in [6, 6.07) is 5.60. The SMILES string of the molecule is OC(c1cnccn1)c1ccc(Br)cc1Br. The van der Waals surface area contributed by atoms with Crippen LogP contribution in [-0.2, 0) is 0 Å². The minimum atomic E-state index is -0.767. The van der Waals surface area contributed by atoms with Gasteiger partial charge in [-0.15, -0.1) is 0 Å². The lowest BCUT2D eigenvalue weighted by atomic mass is 10.1. The first-order valence-corrected chi connectivity index (χ1v) is 6.16. The first-order chi connectivity index (χ1) is 7.68. The monoisotopic (exact) mass is 342 g/mol. The summed E-state index contributed by atoms with van der Waals surface area (Å²) >= 11 is 6.77. The highest BCUT2D eigenvalue weighted by molar-refractivity contribution is 9.11. The highest BCUT2D eigenvalue weighted by atomic mass is 79.9. The van der Waals surface area contributed by atoms with E-state index in [-0.39, 0.29) is 0 Å². The Morgan fingerprint density at radius 2 is 2.00 bits per heavy atom. The van der Waals surface area contributed by atoms with Gasteiger partial charge < -0.3 is 5.11 Å². The van der Waals surface area contributed by atoms with Gasteiger partial charge in [0, 0.05) is 26.9 Å². The molecule has 5 heteroatoms. The fourth-order valence-corrected chi connectivity index (χ4v) is 2.60. The molecule has 1 unspecified atom stereocenters. The smallest absolute Gasteiger partial charge is 0.124 e. The molecule has 2 aromatic rings. The van der Waals surface area contributed by atoms with Crippen molar-refractivity contribution in [1.29, 1.82) is 0 Å². The van der Waals surface area contributed by atoms with E-state index < -0.39 is 6.10 Å². The van der Waals surface area contributed by atoms with E-state index in [4.69, 9.17) is 0 Å². The Labute approximate surface area is 110 Å². The van der Waals surface area contributed by atoms with Gasteiger partial charge in [-0.2, -0.15) is 0 Å². The van der Waals surface area contributed by atoms with Gasteiger partial charge in [0.05, 0.1) is 11.9 Å². The number of benzene rings is 1. The number of halogens is 2. The Morgan fingerprint density at radius 1 is 1.19 bits per heavy atom. The number of hydrogen-bond acceptors (Lipinski definition) is 3. The maximum atomic E-state index is 10.1. The van der Waals surface area contributed by atoms with E-state index in [1.165, 1.54) is 0 Å². The van der Waals surface area contributed by atoms with Gasteiger partial charge in [0.1, 0.15) is 6.10 Å². The van der Waals surface area contributed by atoms with Crippen molar-refractivity contribution in [3.8, 4) is 0 Å². The molecule has 0 aliphatic heterocycles. The van der Waals surface area contributed by atoms with Crippen molar-refractivity contribution in [3.63, 3.8) is 0 Å². The molecule has 1 aromatic heterocycles. The van der Waals surface area contributed by atoms with E-state index in [9.17, 15) is 5.11 Å². The summed E-state index contributed by atoms with van der Waals surface area (Å²) < 4.78 is 1.79. The minimum absolute atomic E-state index is 0.533. The normalized spacial score (nSPS) is 12.4. The molecule has 1 atom stereocenters. The summed E-state index contributed by atoms with van der Waals surface area (Å²) in [5.74, 6) is 0. The second kappa shape index (κ2) is 5.03. The highest BCUT2D eigenvalue weighted by Crippen LogP contribution is 2.29. The third-order valence-corrected chi connectivity index (χ3v) is 3.30. The standard InChI is InChI=1S/C11H8Br2N2O/c12-7-1-2-8(9(13)5-7)11(16)10-6-14-3-4-15-10/h1-6,11,16H. The van der Waals surface area contributed by atoms with Gasteiger partial charge >= 0.3 is 0 Å². The maximum Gasteiger partial charge on any atom is 0.124 e. The predicted molar refractivity (Wildman–Crippen MR) is 67.9 cm³/mol. The molecular formula is C11H8Br2N2O. The fraction of sp³-hybridized carbons (Fsp3) is 0.0909. The largest absolute Gasteiger partial charge is 0.382 e. The number of aliphatic hydroxyl groups is 1. The van der Waals surface area contributed by atoms with Gasteiger partial charge in [0.2, 0.25) is 0 Å². The molecule has 1 heterocycles. The van der Waals surface area contributed by atoms with Crippen LogP contribution < -0.4 is 0 Å². The average molecular weight is 344 g/mol. The summed E-state index contributed by atoms with van der Waals surface area (Å²) in [5, 5.41) is 10.1. The topological polar surface area (TPSA) is 46.0 Å². The van der Waals surface area contributed by atoms with Crippen molar-refractivity contribution in [3.05, 3.63) is 57.0 Å². The summed E-state index contributed by atoms with van der Waals surface area (Å²) in [5.41, 5.74) is 1.30. The van der Waals surface area contributed by atoms with E-state index >= 15 is 0 Å². The molecule has 0 amide bonds. The zero-order valence-corrected chi connectivity index (χ0v) is 11.3. The maximum absolute atomic E-state index is 10.1. The Hall–Kier alpha value is -0.780. The number of aliphatic hydroxyl groups excluding tert-OH is 1. The van der Waals surface area contributed by atoms with Crippen molar-refractivity contribution in [2.45, 2.75) is 6.10 Å². The quantitative estimate of drug-likeness (QED) is 0.911. The van der Waals surface area contributed by atoms with Crippen LogP contribution in [0, 0.1) is 0 Å². The van der Waals surface area contributed by atoms with E-state index in [1.807, 2.05) is 18.2 Å². The average Bonchev–Trinajstić information content (AvgIpc) is 2.29. The molecule has 0 aliphatic rings. The number of rotatable bonds is 2. The molecule has 2 rings (SSSR count). The summed E-state index contributed by atoms with van der Waals surface area (Å²) in [6.45, 7) is 0. The molecule has 1 N–H and O–H groups in total. The van der Waals surface area contributed by atoms with Crippen LogP contribution >= 0.6 is 31.9 Å². The number of nitrogens with zero attached hydrogens (tertiary/aromatic N) is 2. The lowest BCUT2D eigenvalue weighted by Gasteiger charge is -2.11. The lowest BCUT2D eigenvalue weighted by Crippen LogP contribution is -2.03. The van der Waals surface area contributed by atoms with E-state index in [0.717, 1.165) is 14.5 Å². The van der Waals surface area contributed by atoms with Crippen LogP contribution in [0.5, 0.6) is 0 Å². The highest BCUT2D eigenvalue weighted by Gasteiger charge is 2.14. The Bertz CT molecular complexity index is 491. The van der Waals surface area contributed by atoms with E-state index in [2.05, 4.69) is 41.8 Å². The second-order valence-electron chi connectivity index (χ2n) is 3.20. The summed E-state index contributed by atoms with van der Waals surface area (Å²) in [4.78, 5) is 8.00. The molecule has 0 saturated heterocycles. The molecule has 0 aliphatic carbocycles. The molecule has 0 radical (unpaired) electrons. The van der Waals surface area contributed by atoms with Crippen molar-refractivity contribution in [2.24, 2.45) is 0 Å². The first-order valence-electron chi connectivity index (χ1n) is 4.57. The molecule has 0 bridgehead atoms. The predicted octanol–water partition coefficient (Wildman–Crippen LogP) is 3.08. The van der Waals surface area contributed by atoms with Gasteiger partial charge in [-0.05, 0) is 12.1 Å². The Balaban J connectivity index is 2.38. The van der Waals surface area contributed by atoms with Gasteiger partial charge in [-0.3, -0.25) is 9.97 Å². The van der Waals surface area contributed by atoms with Crippen LogP contribution in [0.2, 0.25) is 0 Å². The molecule has 3 nitrogen and oxygen atoms in total. The molecule has 82 valence electrons. The van der Waals surface area contributed by atoms with Gasteiger partial charge in [-0.1, -0.05) is 37.9 Å². The molecular weight excluding hydrogens is 336 g/mol. The molecule has 0 saturated carbocycles. The Kier molecular flexibility index (Phi) is 3.68. The lowest BCUT2D eigenvalue weighted by molar-refractivity contribution is 0.214. The third kappa shape index (κ3) is 2.48. The molecule has 0 spiro atoms. The van der Waals surface area contributed by atoms with Gasteiger partial charge in [-0.25, -0.2) is 0 Å². The summed E-state index contributed by atoms with van der Waals surface area (Å²) in [7, 11) is 0. The van der Waals surface area contributed by atoms with Crippen LogP contribution in [0.25, 0.3) is 0 Å². The Morgan fingerprint density at radius 3 is 2.62 bits per heavy atom. The van der Waals surface area contributed by atoms with Crippen LogP contribution in [0.15, 0.2) is 45.7 Å². The number of aromatic nitrogens is 2. The molecule has 0 fully saturated rings. The van der Waals surface area contributed by atoms with Crippen molar-refractivity contribution >= 4 is 31.9 Å². The van der Waals surface area contributed by atoms with Crippen molar-refractivity contribution in [2.75, 3.05) is 0 Å². The zero-order valence-electron chi connectivity index (χ0n) is 8.14. The van der Waals surface area contributed by atoms with Gasteiger partial charge in [0.25, 0.3) is 0 Å². The van der Waals surface area contributed by atoms with Gasteiger partial charge in [0.15, 0.2) is 0 Å². The van der Waals surface area contributed by atoms with Crippen LogP contribution in [0.4, 0.5) is 0 Å². The fourth-order valence-electron chi connectivity index (χ4n) is 1.33. The first kappa shape index (κ1) is 11.7. The van der Waals surface area contributed by atoms with Crippen molar-refractivity contribution in [1.82, 2.24) is 9.97 Å². The minimum Gasteiger partial charge on any atom is -0.382 e. The summed E-state index contributed by atoms with van der Waals surface area (Å²) in [6.07, 6.45) is 3.92. The zero-order chi connectivity index (χ0) is 11.5. The van der Waals surface area contributed by atoms with Crippen LogP contribution in [0.1, 0.15) is 17.4 Å². The molecule has 1 aromatic carbocycles.